The molecule has 3 nitrogen and oxygen atoms in total. The topological polar surface area (TPSA) is 29.0 Å². The molecule has 6 rings (SSSR count). The number of anilines is 1. The van der Waals surface area contributed by atoms with Gasteiger partial charge in [0.05, 0.1) is 0 Å². The molecule has 1 radical (unpaired) electrons. The molecule has 0 fully saturated rings. The van der Waals surface area contributed by atoms with E-state index in [4.69, 9.17) is 0 Å². The number of benzene rings is 3. The first-order valence-corrected chi connectivity index (χ1v) is 11.5. The molecule has 0 saturated heterocycles. The SMILES string of the molecule is CC1(C)c2ccc[c-]c2-c2nccc3cccc1c23.CN(C)c1cc[c-]c(-c2ccccn2)c1.[Ir]. The summed E-state index contributed by atoms with van der Waals surface area (Å²) >= 11 is 0. The molecule has 3 aromatic carbocycles. The molecule has 0 aliphatic heterocycles. The molecule has 0 N–H and O–H groups in total. The predicted octanol–water partition coefficient (Wildman–Crippen LogP) is 6.95. The van der Waals surface area contributed by atoms with E-state index in [9.17, 15) is 0 Å². The van der Waals surface area contributed by atoms with Crippen molar-refractivity contribution in [2.45, 2.75) is 19.3 Å². The van der Waals surface area contributed by atoms with Crippen LogP contribution in [-0.2, 0) is 25.5 Å². The summed E-state index contributed by atoms with van der Waals surface area (Å²) in [6.45, 7) is 4.56. The van der Waals surface area contributed by atoms with E-state index >= 15 is 0 Å². The number of hydrogen-bond donors (Lipinski definition) is 0. The van der Waals surface area contributed by atoms with E-state index < -0.39 is 0 Å². The molecule has 0 amide bonds. The molecule has 4 heteroatoms. The maximum absolute atomic E-state index is 4.61. The van der Waals surface area contributed by atoms with E-state index in [0.717, 1.165) is 28.2 Å². The normalized spacial score (nSPS) is 12.6. The molecular weight excluding hydrogens is 607 g/mol. The second-order valence-corrected chi connectivity index (χ2v) is 9.22. The van der Waals surface area contributed by atoms with E-state index in [0.29, 0.717) is 0 Å². The van der Waals surface area contributed by atoms with Crippen molar-refractivity contribution in [3.05, 3.63) is 115 Å². The predicted molar refractivity (Wildman–Crippen MR) is 141 cm³/mol. The van der Waals surface area contributed by atoms with Crippen LogP contribution >= 0.6 is 0 Å². The van der Waals surface area contributed by atoms with Crippen LogP contribution in [0.15, 0.2) is 91.3 Å². The Morgan fingerprint density at radius 3 is 2.37 bits per heavy atom. The van der Waals surface area contributed by atoms with Gasteiger partial charge in [-0.15, -0.1) is 65.2 Å². The molecule has 177 valence electrons. The van der Waals surface area contributed by atoms with Crippen LogP contribution in [0, 0.1) is 12.1 Å². The van der Waals surface area contributed by atoms with E-state index in [2.05, 4.69) is 83.3 Å². The Labute approximate surface area is 221 Å². The number of fused-ring (bicyclic) bond motifs is 2. The van der Waals surface area contributed by atoms with E-state index in [1.165, 1.54) is 21.9 Å². The summed E-state index contributed by atoms with van der Waals surface area (Å²) in [6.07, 6.45) is 3.69. The molecule has 0 atom stereocenters. The monoisotopic (exact) mass is 634 g/mol. The Morgan fingerprint density at radius 2 is 1.60 bits per heavy atom. The van der Waals surface area contributed by atoms with Crippen molar-refractivity contribution in [2.24, 2.45) is 0 Å². The van der Waals surface area contributed by atoms with Gasteiger partial charge in [0.2, 0.25) is 0 Å². The smallest absolute Gasteiger partial charge is 0.0167 e. The summed E-state index contributed by atoms with van der Waals surface area (Å²) in [6, 6.07) is 33.4. The molecular formula is C31H27IrN3-2. The first-order chi connectivity index (χ1) is 16.5. The van der Waals surface area contributed by atoms with Crippen LogP contribution in [0.1, 0.15) is 25.0 Å². The average Bonchev–Trinajstić information content (AvgIpc) is 2.88. The van der Waals surface area contributed by atoms with Crippen molar-refractivity contribution >= 4 is 16.5 Å². The maximum Gasteiger partial charge on any atom is 0.0167 e. The summed E-state index contributed by atoms with van der Waals surface area (Å²) in [7, 11) is 4.05. The summed E-state index contributed by atoms with van der Waals surface area (Å²) in [5, 5.41) is 2.54. The molecule has 1 aliphatic rings. The summed E-state index contributed by atoms with van der Waals surface area (Å²) in [5.41, 5.74) is 8.05. The van der Waals surface area contributed by atoms with Crippen LogP contribution in [0.5, 0.6) is 0 Å². The first-order valence-electron chi connectivity index (χ1n) is 11.5. The molecule has 0 saturated carbocycles. The second kappa shape index (κ2) is 10.1. The fraction of sp³-hybridized carbons (Fsp3) is 0.161. The summed E-state index contributed by atoms with van der Waals surface area (Å²) in [4.78, 5) is 11.0. The minimum atomic E-state index is 0. The maximum atomic E-state index is 4.61. The van der Waals surface area contributed by atoms with Crippen LogP contribution in [0.2, 0.25) is 0 Å². The third-order valence-electron chi connectivity index (χ3n) is 6.47. The first kappa shape index (κ1) is 24.8. The van der Waals surface area contributed by atoms with Crippen molar-refractivity contribution in [1.82, 2.24) is 9.97 Å². The Hall–Kier alpha value is -3.33. The van der Waals surface area contributed by atoms with Crippen molar-refractivity contribution in [3.63, 3.8) is 0 Å². The van der Waals surface area contributed by atoms with Crippen LogP contribution < -0.4 is 4.90 Å². The molecule has 2 aromatic heterocycles. The Balaban J connectivity index is 0.000000165. The van der Waals surface area contributed by atoms with Crippen molar-refractivity contribution in [2.75, 3.05) is 19.0 Å². The minimum Gasteiger partial charge on any atom is -0.394 e. The van der Waals surface area contributed by atoms with Crippen LogP contribution in [-0.4, -0.2) is 24.1 Å². The molecule has 5 aromatic rings. The van der Waals surface area contributed by atoms with Gasteiger partial charge in [-0.2, -0.15) is 0 Å². The molecule has 2 heterocycles. The van der Waals surface area contributed by atoms with Crippen LogP contribution in [0.3, 0.4) is 0 Å². The fourth-order valence-electron chi connectivity index (χ4n) is 4.64. The third kappa shape index (κ3) is 4.64. The van der Waals surface area contributed by atoms with Gasteiger partial charge in [0.25, 0.3) is 0 Å². The van der Waals surface area contributed by atoms with Crippen LogP contribution in [0.25, 0.3) is 33.3 Å². The van der Waals surface area contributed by atoms with Crippen LogP contribution in [0.4, 0.5) is 5.69 Å². The van der Waals surface area contributed by atoms with E-state index in [-0.39, 0.29) is 25.5 Å². The van der Waals surface area contributed by atoms with E-state index in [1.54, 1.807) is 6.20 Å². The van der Waals surface area contributed by atoms with E-state index in [1.807, 2.05) is 56.7 Å². The van der Waals surface area contributed by atoms with Crippen molar-refractivity contribution in [1.29, 1.82) is 0 Å². The Kier molecular flexibility index (Phi) is 7.16. The van der Waals surface area contributed by atoms with Gasteiger partial charge in [0.15, 0.2) is 0 Å². The van der Waals surface area contributed by atoms with Gasteiger partial charge in [-0.3, -0.25) is 0 Å². The van der Waals surface area contributed by atoms with Gasteiger partial charge in [0.1, 0.15) is 0 Å². The Morgan fingerprint density at radius 1 is 0.771 bits per heavy atom. The summed E-state index contributed by atoms with van der Waals surface area (Å²) in [5.74, 6) is 0. The zero-order chi connectivity index (χ0) is 23.7. The number of aromatic nitrogens is 2. The van der Waals surface area contributed by atoms with Gasteiger partial charge in [-0.1, -0.05) is 44.2 Å². The second-order valence-electron chi connectivity index (χ2n) is 9.22. The quantitative estimate of drug-likeness (QED) is 0.197. The molecule has 1 aliphatic carbocycles. The molecule has 0 bridgehead atoms. The van der Waals surface area contributed by atoms with Gasteiger partial charge in [-0.05, 0) is 51.0 Å². The van der Waals surface area contributed by atoms with Crippen molar-refractivity contribution in [3.8, 4) is 22.5 Å². The van der Waals surface area contributed by atoms with Gasteiger partial charge in [0, 0.05) is 46.6 Å². The number of hydrogen-bond acceptors (Lipinski definition) is 3. The van der Waals surface area contributed by atoms with Gasteiger partial charge in [-0.25, -0.2) is 0 Å². The number of rotatable bonds is 2. The van der Waals surface area contributed by atoms with Gasteiger partial charge >= 0.3 is 0 Å². The van der Waals surface area contributed by atoms with Crippen molar-refractivity contribution < 1.29 is 20.1 Å². The minimum absolute atomic E-state index is 0. The Bertz CT molecular complexity index is 1450. The zero-order valence-corrected chi connectivity index (χ0v) is 22.7. The molecule has 35 heavy (non-hydrogen) atoms. The largest absolute Gasteiger partial charge is 0.394 e. The fourth-order valence-corrected chi connectivity index (χ4v) is 4.64. The average molecular weight is 634 g/mol. The third-order valence-corrected chi connectivity index (χ3v) is 6.47. The number of pyridine rings is 2. The standard InChI is InChI=1S/C18H14N.C13H13N2.Ir/c1-18(2)14-8-4-3-7-13(14)17-16-12(10-11-19-17)6-5-9-15(16)18;1-15(2)12-7-5-6-11(10-12)13-8-3-4-9-14-13;/h3-6,8-11H,1-2H3;3-5,7-10H,1-2H3;/q2*-1;. The number of nitrogens with zero attached hydrogens (tertiary/aromatic N) is 3. The molecule has 0 spiro atoms. The molecule has 0 unspecified atom stereocenters. The zero-order valence-electron chi connectivity index (χ0n) is 20.3. The summed E-state index contributed by atoms with van der Waals surface area (Å²) < 4.78 is 0. The van der Waals surface area contributed by atoms with Gasteiger partial charge < -0.3 is 14.9 Å².